The summed E-state index contributed by atoms with van der Waals surface area (Å²) in [5.41, 5.74) is 7.77. The molecule has 92 valence electrons. The summed E-state index contributed by atoms with van der Waals surface area (Å²) in [6.45, 7) is 2.87. The van der Waals surface area contributed by atoms with Crippen molar-refractivity contribution in [3.63, 3.8) is 0 Å². The van der Waals surface area contributed by atoms with E-state index in [2.05, 4.69) is 24.1 Å². The molecule has 0 spiro atoms. The van der Waals surface area contributed by atoms with Crippen LogP contribution >= 0.6 is 0 Å². The summed E-state index contributed by atoms with van der Waals surface area (Å²) < 4.78 is 5.52. The van der Waals surface area contributed by atoms with Crippen molar-refractivity contribution in [1.29, 1.82) is 0 Å². The molecule has 1 heterocycles. The van der Waals surface area contributed by atoms with E-state index < -0.39 is 0 Å². The van der Waals surface area contributed by atoms with Crippen LogP contribution in [0.5, 0.6) is 0 Å². The highest BCUT2D eigenvalue weighted by Crippen LogP contribution is 2.21. The van der Waals surface area contributed by atoms with E-state index in [9.17, 15) is 0 Å². The van der Waals surface area contributed by atoms with E-state index in [0.717, 1.165) is 38.1 Å². The predicted octanol–water partition coefficient (Wildman–Crippen LogP) is 2.26. The van der Waals surface area contributed by atoms with Gasteiger partial charge in [-0.05, 0) is 44.6 Å². The van der Waals surface area contributed by atoms with Crippen LogP contribution in [0.15, 0.2) is 34.9 Å². The first kappa shape index (κ1) is 12.1. The maximum absolute atomic E-state index is 5.52. The number of para-hydroxylation sites is 1. The molecular weight excluding hydrogens is 212 g/mol. The van der Waals surface area contributed by atoms with Crippen molar-refractivity contribution in [1.82, 2.24) is 4.90 Å². The van der Waals surface area contributed by atoms with E-state index in [1.54, 1.807) is 0 Å². The van der Waals surface area contributed by atoms with Crippen LogP contribution in [0.4, 0.5) is 0 Å². The maximum atomic E-state index is 5.52. The van der Waals surface area contributed by atoms with Crippen LogP contribution in [0.2, 0.25) is 0 Å². The number of nitrogens with zero attached hydrogens (tertiary/aromatic N) is 1. The number of nitrogens with two attached hydrogens (primary N) is 1. The fourth-order valence-corrected chi connectivity index (χ4v) is 2.01. The van der Waals surface area contributed by atoms with E-state index in [4.69, 9.17) is 10.2 Å². The molecule has 0 atom stereocenters. The molecule has 0 aliphatic carbocycles. The quantitative estimate of drug-likeness (QED) is 0.830. The van der Waals surface area contributed by atoms with Gasteiger partial charge in [0.25, 0.3) is 0 Å². The molecule has 2 rings (SSSR count). The first-order valence-corrected chi connectivity index (χ1v) is 6.15. The number of hydrogen-bond acceptors (Lipinski definition) is 3. The van der Waals surface area contributed by atoms with E-state index in [1.807, 2.05) is 18.4 Å². The van der Waals surface area contributed by atoms with Crippen LogP contribution in [-0.4, -0.2) is 31.6 Å². The lowest BCUT2D eigenvalue weighted by Crippen LogP contribution is -2.24. The lowest BCUT2D eigenvalue weighted by molar-refractivity contribution is 0.335. The number of benzene rings is 1. The van der Waals surface area contributed by atoms with Crippen LogP contribution in [-0.2, 0) is 6.42 Å². The van der Waals surface area contributed by atoms with E-state index >= 15 is 0 Å². The molecule has 0 aliphatic rings. The van der Waals surface area contributed by atoms with Gasteiger partial charge in [0.2, 0.25) is 0 Å². The lowest BCUT2D eigenvalue weighted by Gasteiger charge is -2.15. The van der Waals surface area contributed by atoms with Crippen molar-refractivity contribution in [3.8, 4) is 0 Å². The molecule has 0 amide bonds. The zero-order valence-electron chi connectivity index (χ0n) is 10.4. The highest BCUT2D eigenvalue weighted by molar-refractivity contribution is 5.80. The van der Waals surface area contributed by atoms with Gasteiger partial charge < -0.3 is 15.1 Å². The zero-order valence-corrected chi connectivity index (χ0v) is 10.4. The van der Waals surface area contributed by atoms with Gasteiger partial charge in [0.1, 0.15) is 5.58 Å². The normalized spacial score (nSPS) is 11.5. The van der Waals surface area contributed by atoms with Crippen LogP contribution in [0, 0.1) is 0 Å². The van der Waals surface area contributed by atoms with E-state index in [0.29, 0.717) is 0 Å². The molecule has 0 radical (unpaired) electrons. The molecule has 1 aromatic carbocycles. The van der Waals surface area contributed by atoms with Crippen molar-refractivity contribution in [2.45, 2.75) is 12.8 Å². The third-order valence-electron chi connectivity index (χ3n) is 3.07. The number of likely N-dealkylation sites (N-methyl/N-ethyl adjacent to an activating group) is 1. The predicted molar refractivity (Wildman–Crippen MR) is 71.1 cm³/mol. The SMILES string of the molecule is CN(CCCN)CCc1coc2ccccc12. The molecular formula is C14H20N2O. The number of rotatable bonds is 6. The minimum Gasteiger partial charge on any atom is -0.464 e. The van der Waals surface area contributed by atoms with Crippen molar-refractivity contribution in [2.75, 3.05) is 26.7 Å². The second-order valence-electron chi connectivity index (χ2n) is 4.45. The van der Waals surface area contributed by atoms with E-state index in [-0.39, 0.29) is 0 Å². The molecule has 0 bridgehead atoms. The molecule has 0 saturated heterocycles. The number of fused-ring (bicyclic) bond motifs is 1. The molecule has 2 aromatic rings. The second-order valence-corrected chi connectivity index (χ2v) is 4.45. The molecule has 3 nitrogen and oxygen atoms in total. The molecule has 2 N–H and O–H groups in total. The minimum absolute atomic E-state index is 0.763. The third kappa shape index (κ3) is 3.08. The van der Waals surface area contributed by atoms with Gasteiger partial charge in [-0.15, -0.1) is 0 Å². The summed E-state index contributed by atoms with van der Waals surface area (Å²) in [4.78, 5) is 2.31. The fraction of sp³-hybridized carbons (Fsp3) is 0.429. The topological polar surface area (TPSA) is 42.4 Å². The first-order chi connectivity index (χ1) is 8.31. The second kappa shape index (κ2) is 5.84. The Morgan fingerprint density at radius 3 is 2.88 bits per heavy atom. The van der Waals surface area contributed by atoms with Gasteiger partial charge in [0.15, 0.2) is 0 Å². The van der Waals surface area contributed by atoms with Crippen LogP contribution in [0.3, 0.4) is 0 Å². The Morgan fingerprint density at radius 2 is 2.06 bits per heavy atom. The maximum Gasteiger partial charge on any atom is 0.134 e. The summed E-state index contributed by atoms with van der Waals surface area (Å²) in [6.07, 6.45) is 3.96. The Kier molecular flexibility index (Phi) is 4.18. The molecule has 3 heteroatoms. The summed E-state index contributed by atoms with van der Waals surface area (Å²) in [7, 11) is 2.14. The molecule has 1 aromatic heterocycles. The van der Waals surface area contributed by atoms with Crippen LogP contribution in [0.25, 0.3) is 11.0 Å². The summed E-state index contributed by atoms with van der Waals surface area (Å²) in [6, 6.07) is 8.19. The Morgan fingerprint density at radius 1 is 1.24 bits per heavy atom. The van der Waals surface area contributed by atoms with Gasteiger partial charge in [-0.3, -0.25) is 0 Å². The standard InChI is InChI=1S/C14H20N2O/c1-16(9-4-8-15)10-7-12-11-17-14-6-3-2-5-13(12)14/h2-3,5-6,11H,4,7-10,15H2,1H3. The minimum atomic E-state index is 0.763. The monoisotopic (exact) mass is 232 g/mol. The Labute approximate surface area is 102 Å². The Hall–Kier alpha value is -1.32. The van der Waals surface area contributed by atoms with Gasteiger partial charge in [-0.1, -0.05) is 18.2 Å². The summed E-state index contributed by atoms with van der Waals surface area (Å²) in [5, 5.41) is 1.24. The van der Waals surface area contributed by atoms with Crippen LogP contribution < -0.4 is 5.73 Å². The van der Waals surface area contributed by atoms with Crippen molar-refractivity contribution in [3.05, 3.63) is 36.1 Å². The zero-order chi connectivity index (χ0) is 12.1. The average Bonchev–Trinajstić information content (AvgIpc) is 2.77. The first-order valence-electron chi connectivity index (χ1n) is 6.15. The summed E-state index contributed by atoms with van der Waals surface area (Å²) >= 11 is 0. The number of furan rings is 1. The highest BCUT2D eigenvalue weighted by Gasteiger charge is 2.06. The molecule has 0 unspecified atom stereocenters. The van der Waals surface area contributed by atoms with Gasteiger partial charge >= 0.3 is 0 Å². The molecule has 0 aliphatic heterocycles. The lowest BCUT2D eigenvalue weighted by atomic mass is 10.1. The molecule has 17 heavy (non-hydrogen) atoms. The largest absolute Gasteiger partial charge is 0.464 e. The van der Waals surface area contributed by atoms with Crippen molar-refractivity contribution >= 4 is 11.0 Å². The smallest absolute Gasteiger partial charge is 0.134 e. The van der Waals surface area contributed by atoms with Crippen molar-refractivity contribution < 1.29 is 4.42 Å². The highest BCUT2D eigenvalue weighted by atomic mass is 16.3. The van der Waals surface area contributed by atoms with E-state index in [1.165, 1.54) is 10.9 Å². The molecule has 0 saturated carbocycles. The van der Waals surface area contributed by atoms with Gasteiger partial charge in [-0.25, -0.2) is 0 Å². The van der Waals surface area contributed by atoms with Crippen LogP contribution in [0.1, 0.15) is 12.0 Å². The Balaban J connectivity index is 1.95. The third-order valence-corrected chi connectivity index (χ3v) is 3.07. The summed E-state index contributed by atoms with van der Waals surface area (Å²) in [5.74, 6) is 0. The van der Waals surface area contributed by atoms with Gasteiger partial charge in [0.05, 0.1) is 6.26 Å². The molecule has 0 fully saturated rings. The van der Waals surface area contributed by atoms with Crippen molar-refractivity contribution in [2.24, 2.45) is 5.73 Å². The average molecular weight is 232 g/mol. The Bertz CT molecular complexity index is 464. The van der Waals surface area contributed by atoms with Gasteiger partial charge in [-0.2, -0.15) is 0 Å². The van der Waals surface area contributed by atoms with Gasteiger partial charge in [0, 0.05) is 11.9 Å². The fourth-order valence-electron chi connectivity index (χ4n) is 2.01. The number of hydrogen-bond donors (Lipinski definition) is 1.